The molecule has 5 nitrogen and oxygen atoms in total. The van der Waals surface area contributed by atoms with Crippen molar-refractivity contribution in [2.45, 2.75) is 75.0 Å². The van der Waals surface area contributed by atoms with Crippen LogP contribution in [-0.2, 0) is 26.2 Å². The van der Waals surface area contributed by atoms with Gasteiger partial charge in [-0.1, -0.05) is 58.1 Å². The van der Waals surface area contributed by atoms with Gasteiger partial charge in [0.05, 0.1) is 10.2 Å². The number of anilines is 1. The van der Waals surface area contributed by atoms with Gasteiger partial charge in [-0.2, -0.15) is 0 Å². The summed E-state index contributed by atoms with van der Waals surface area (Å²) in [4.78, 5) is 32.0. The van der Waals surface area contributed by atoms with Gasteiger partial charge in [0.2, 0.25) is 0 Å². The summed E-state index contributed by atoms with van der Waals surface area (Å²) in [5, 5.41) is -0.436. The van der Waals surface area contributed by atoms with Crippen LogP contribution in [0.3, 0.4) is 0 Å². The van der Waals surface area contributed by atoms with E-state index in [0.29, 0.717) is 18.0 Å². The molecule has 0 aliphatic carbocycles. The maximum absolute atomic E-state index is 13.4. The van der Waals surface area contributed by atoms with Crippen molar-refractivity contribution < 1.29 is 18.7 Å². The number of benzene rings is 2. The number of halogens is 1. The van der Waals surface area contributed by atoms with Gasteiger partial charge in [-0.3, -0.25) is 9.59 Å². The molecule has 0 amide bonds. The van der Waals surface area contributed by atoms with E-state index in [0.717, 1.165) is 26.2 Å². The number of hydrogen-bond acceptors (Lipinski definition) is 7. The van der Waals surface area contributed by atoms with E-state index in [1.54, 1.807) is 12.1 Å². The zero-order chi connectivity index (χ0) is 25.5. The number of aromatic nitrogens is 1. The van der Waals surface area contributed by atoms with Gasteiger partial charge >= 0.3 is 5.97 Å². The van der Waals surface area contributed by atoms with Gasteiger partial charge in [0.15, 0.2) is 16.2 Å². The van der Waals surface area contributed by atoms with Crippen LogP contribution in [0.4, 0.5) is 9.52 Å². The summed E-state index contributed by atoms with van der Waals surface area (Å²) in [6.45, 7) is 10.2. The Bertz CT molecular complexity index is 1240. The number of thioether (sulfide) groups is 1. The van der Waals surface area contributed by atoms with Crippen molar-refractivity contribution in [2.75, 3.05) is 5.73 Å². The molecule has 0 bridgehead atoms. The fourth-order valence-electron chi connectivity index (χ4n) is 4.46. The van der Waals surface area contributed by atoms with Crippen molar-refractivity contribution in [2.24, 2.45) is 5.92 Å². The lowest BCUT2D eigenvalue weighted by Gasteiger charge is -2.41. The second-order valence-electron chi connectivity index (χ2n) is 10.5. The maximum atomic E-state index is 13.4. The van der Waals surface area contributed by atoms with Crippen molar-refractivity contribution >= 4 is 50.2 Å². The molecule has 2 heterocycles. The molecule has 1 fully saturated rings. The molecule has 1 aromatic heterocycles. The number of carbonyl (C=O) groups is 2. The predicted octanol–water partition coefficient (Wildman–Crippen LogP) is 6.32. The number of aryl methyl sites for hydroxylation is 1. The Kier molecular flexibility index (Phi) is 6.99. The summed E-state index contributed by atoms with van der Waals surface area (Å²) in [6.07, 6.45) is 1.26. The Hall–Kier alpha value is -2.45. The molecule has 2 aromatic carbocycles. The Labute approximate surface area is 213 Å². The van der Waals surface area contributed by atoms with Gasteiger partial charge in [0.25, 0.3) is 0 Å². The fourth-order valence-corrected chi connectivity index (χ4v) is 6.58. The van der Waals surface area contributed by atoms with E-state index in [1.165, 1.54) is 35.2 Å². The predicted molar refractivity (Wildman–Crippen MR) is 140 cm³/mol. The summed E-state index contributed by atoms with van der Waals surface area (Å²) in [6, 6.07) is 10.3. The Morgan fingerprint density at radius 2 is 1.91 bits per heavy atom. The highest BCUT2D eigenvalue weighted by molar-refractivity contribution is 8.01. The minimum Gasteiger partial charge on any atom is -0.457 e. The molecule has 1 aliphatic rings. The third-order valence-electron chi connectivity index (χ3n) is 6.65. The van der Waals surface area contributed by atoms with E-state index < -0.39 is 16.8 Å². The van der Waals surface area contributed by atoms with Crippen LogP contribution in [0.5, 0.6) is 0 Å². The molecule has 2 N–H and O–H groups in total. The van der Waals surface area contributed by atoms with Crippen LogP contribution in [0.15, 0.2) is 41.3 Å². The summed E-state index contributed by atoms with van der Waals surface area (Å²) >= 11 is 2.65. The zero-order valence-corrected chi connectivity index (χ0v) is 22.3. The van der Waals surface area contributed by atoms with Gasteiger partial charge in [-0.05, 0) is 59.6 Å². The Balaban J connectivity index is 1.58. The van der Waals surface area contributed by atoms with Crippen LogP contribution in [0.25, 0.3) is 10.2 Å². The summed E-state index contributed by atoms with van der Waals surface area (Å²) in [5.74, 6) is -0.950. The first kappa shape index (κ1) is 25.6. The quantitative estimate of drug-likeness (QED) is 0.306. The number of thiazole rings is 1. The van der Waals surface area contributed by atoms with E-state index >= 15 is 0 Å². The number of ketones is 1. The van der Waals surface area contributed by atoms with Crippen LogP contribution >= 0.6 is 23.1 Å². The van der Waals surface area contributed by atoms with Crippen molar-refractivity contribution in [1.82, 2.24) is 4.98 Å². The highest BCUT2D eigenvalue weighted by Gasteiger charge is 2.49. The highest BCUT2D eigenvalue weighted by Crippen LogP contribution is 2.43. The van der Waals surface area contributed by atoms with E-state index in [1.807, 2.05) is 26.0 Å². The third kappa shape index (κ3) is 5.38. The first-order chi connectivity index (χ1) is 16.4. The lowest BCUT2D eigenvalue weighted by Crippen LogP contribution is -2.52. The van der Waals surface area contributed by atoms with Gasteiger partial charge in [-0.25, -0.2) is 9.37 Å². The summed E-state index contributed by atoms with van der Waals surface area (Å²) in [7, 11) is 0. The maximum Gasteiger partial charge on any atom is 0.327 e. The smallest absolute Gasteiger partial charge is 0.327 e. The van der Waals surface area contributed by atoms with E-state index in [2.05, 4.69) is 25.8 Å². The number of rotatable bonds is 6. The number of hydrogen-bond donors (Lipinski definition) is 1. The molecule has 0 spiro atoms. The van der Waals surface area contributed by atoms with Crippen molar-refractivity contribution in [3.05, 3.63) is 53.3 Å². The zero-order valence-electron chi connectivity index (χ0n) is 20.7. The van der Waals surface area contributed by atoms with E-state index in [-0.39, 0.29) is 29.4 Å². The normalized spacial score (nSPS) is 21.1. The molecule has 0 radical (unpaired) electrons. The molecule has 35 heavy (non-hydrogen) atoms. The molecular weight excluding hydrogens is 483 g/mol. The number of nitrogen functional groups attached to an aromatic ring is 1. The SMILES string of the molecule is CC(C)[C@]1(CCc2ccc(F)cc2)CC(=O)C(Sc2cc3sc(N)nc3cc2C(C)(C)C)C(=O)O1. The Morgan fingerprint density at radius 1 is 1.23 bits per heavy atom. The standard InChI is InChI=1S/C27H31FN2O3S2/c1-15(2)27(11-10-16-6-8-17(28)9-7-16)14-20(31)23(24(32)33-27)34-21-13-22-19(30-25(29)35-22)12-18(21)26(3,4)5/h6-9,12-13,15,23H,10-11,14H2,1-5H3,(H2,29,30)/t23?,27-/m0/s1. The van der Waals surface area contributed by atoms with Gasteiger partial charge in [-0.15, -0.1) is 11.8 Å². The first-order valence-corrected chi connectivity index (χ1v) is 13.4. The lowest BCUT2D eigenvalue weighted by molar-refractivity contribution is -0.176. The average molecular weight is 515 g/mol. The van der Waals surface area contributed by atoms with Crippen molar-refractivity contribution in [3.8, 4) is 0 Å². The summed E-state index contributed by atoms with van der Waals surface area (Å²) < 4.78 is 20.3. The van der Waals surface area contributed by atoms with Gasteiger partial charge < -0.3 is 10.5 Å². The number of cyclic esters (lactones) is 1. The molecule has 186 valence electrons. The second kappa shape index (κ2) is 9.54. The van der Waals surface area contributed by atoms with Crippen LogP contribution in [-0.4, -0.2) is 27.6 Å². The molecule has 1 saturated heterocycles. The second-order valence-corrected chi connectivity index (χ2v) is 12.7. The number of carbonyl (C=O) groups excluding carboxylic acids is 2. The minimum absolute atomic E-state index is 0.0385. The molecule has 4 rings (SSSR count). The van der Waals surface area contributed by atoms with Crippen LogP contribution < -0.4 is 5.73 Å². The van der Waals surface area contributed by atoms with Crippen LogP contribution in [0.2, 0.25) is 0 Å². The van der Waals surface area contributed by atoms with E-state index in [4.69, 9.17) is 10.5 Å². The molecular formula is C27H31FN2O3S2. The third-order valence-corrected chi connectivity index (χ3v) is 8.78. The first-order valence-electron chi connectivity index (χ1n) is 11.8. The highest BCUT2D eigenvalue weighted by atomic mass is 32.2. The number of nitrogens with zero attached hydrogens (tertiary/aromatic N) is 1. The monoisotopic (exact) mass is 514 g/mol. The van der Waals surface area contributed by atoms with E-state index in [9.17, 15) is 14.0 Å². The molecule has 1 unspecified atom stereocenters. The minimum atomic E-state index is -0.920. The number of nitrogens with two attached hydrogens (primary N) is 1. The average Bonchev–Trinajstić information content (AvgIpc) is 3.13. The molecule has 3 aromatic rings. The topological polar surface area (TPSA) is 82.3 Å². The Morgan fingerprint density at radius 3 is 2.51 bits per heavy atom. The molecule has 2 atom stereocenters. The van der Waals surface area contributed by atoms with Crippen molar-refractivity contribution in [1.29, 1.82) is 0 Å². The lowest BCUT2D eigenvalue weighted by atomic mass is 9.78. The van der Waals surface area contributed by atoms with Crippen LogP contribution in [0.1, 0.15) is 58.6 Å². The largest absolute Gasteiger partial charge is 0.457 e. The number of esters is 1. The fraction of sp³-hybridized carbons (Fsp3) is 0.444. The van der Waals surface area contributed by atoms with Crippen LogP contribution in [0, 0.1) is 11.7 Å². The number of ether oxygens (including phenoxy) is 1. The van der Waals surface area contributed by atoms with Crippen molar-refractivity contribution in [3.63, 3.8) is 0 Å². The molecule has 0 saturated carbocycles. The molecule has 8 heteroatoms. The van der Waals surface area contributed by atoms with Gasteiger partial charge in [0.1, 0.15) is 11.4 Å². The van der Waals surface area contributed by atoms with Gasteiger partial charge in [0, 0.05) is 11.3 Å². The number of Topliss-reactive ketones (excluding diaryl/α,β-unsaturated/α-hetero) is 1. The molecule has 1 aliphatic heterocycles. The number of fused-ring (bicyclic) bond motifs is 1. The summed E-state index contributed by atoms with van der Waals surface area (Å²) in [5.41, 5.74) is 7.60.